The van der Waals surface area contributed by atoms with Crippen molar-refractivity contribution in [2.24, 2.45) is 7.05 Å². The van der Waals surface area contributed by atoms with Crippen molar-refractivity contribution in [3.8, 4) is 0 Å². The first kappa shape index (κ1) is 14.2. The molecule has 6 heteroatoms. The Kier molecular flexibility index (Phi) is 5.13. The summed E-state index contributed by atoms with van der Waals surface area (Å²) in [7, 11) is 1.83. The average Bonchev–Trinajstić information content (AvgIpc) is 2.75. The van der Waals surface area contributed by atoms with Crippen LogP contribution in [0.15, 0.2) is 12.4 Å². The van der Waals surface area contributed by atoms with Crippen LogP contribution < -0.4 is 10.6 Å². The van der Waals surface area contributed by atoms with Gasteiger partial charge in [0.1, 0.15) is 0 Å². The number of rotatable bonds is 4. The van der Waals surface area contributed by atoms with Gasteiger partial charge in [-0.25, -0.2) is 4.79 Å². The lowest BCUT2D eigenvalue weighted by Gasteiger charge is -2.29. The van der Waals surface area contributed by atoms with Crippen LogP contribution in [-0.2, 0) is 7.05 Å². The van der Waals surface area contributed by atoms with Crippen molar-refractivity contribution in [1.82, 2.24) is 15.1 Å². The predicted octanol–water partition coefficient (Wildman–Crippen LogP) is 2.61. The zero-order valence-corrected chi connectivity index (χ0v) is 12.4. The molecular formula is C13H22N4OS. The summed E-state index contributed by atoms with van der Waals surface area (Å²) < 4.78 is 1.67. The van der Waals surface area contributed by atoms with E-state index in [2.05, 4.69) is 22.7 Å². The zero-order chi connectivity index (χ0) is 13.7. The highest BCUT2D eigenvalue weighted by Crippen LogP contribution is 2.28. The number of thioether (sulfide) groups is 1. The number of hydrogen-bond acceptors (Lipinski definition) is 3. The van der Waals surface area contributed by atoms with Crippen LogP contribution in [-0.4, -0.2) is 32.9 Å². The number of nitrogens with zero attached hydrogens (tertiary/aromatic N) is 2. The van der Waals surface area contributed by atoms with Gasteiger partial charge in [-0.05, 0) is 25.0 Å². The molecule has 1 aromatic rings. The third kappa shape index (κ3) is 4.45. The maximum absolute atomic E-state index is 11.9. The molecule has 2 N–H and O–H groups in total. The maximum atomic E-state index is 11.9. The van der Waals surface area contributed by atoms with E-state index in [0.29, 0.717) is 11.3 Å². The predicted molar refractivity (Wildman–Crippen MR) is 79.5 cm³/mol. The summed E-state index contributed by atoms with van der Waals surface area (Å²) in [5, 5.41) is 10.6. The molecule has 0 aromatic carbocycles. The van der Waals surface area contributed by atoms with Crippen molar-refractivity contribution in [2.45, 2.75) is 43.9 Å². The molecule has 2 amide bonds. The number of amides is 2. The lowest BCUT2D eigenvalue weighted by atomic mass is 9.95. The van der Waals surface area contributed by atoms with Gasteiger partial charge in [0, 0.05) is 24.5 Å². The molecule has 1 aliphatic rings. The number of hydrogen-bond donors (Lipinski definition) is 2. The van der Waals surface area contributed by atoms with Gasteiger partial charge < -0.3 is 10.6 Å². The van der Waals surface area contributed by atoms with E-state index in [1.165, 1.54) is 12.8 Å². The topological polar surface area (TPSA) is 59.0 Å². The van der Waals surface area contributed by atoms with Gasteiger partial charge in [0.15, 0.2) is 0 Å². The summed E-state index contributed by atoms with van der Waals surface area (Å²) in [4.78, 5) is 11.9. The normalized spacial score (nSPS) is 23.1. The first-order valence-electron chi connectivity index (χ1n) is 6.85. The number of aromatic nitrogens is 2. The van der Waals surface area contributed by atoms with Crippen LogP contribution in [0.5, 0.6) is 0 Å². The lowest BCUT2D eigenvalue weighted by molar-refractivity contribution is 0.244. The van der Waals surface area contributed by atoms with Gasteiger partial charge in [0.25, 0.3) is 0 Å². The Bertz CT molecular complexity index is 419. The van der Waals surface area contributed by atoms with Crippen LogP contribution >= 0.6 is 11.8 Å². The summed E-state index contributed by atoms with van der Waals surface area (Å²) >= 11 is 2.01. The second kappa shape index (κ2) is 6.84. The first-order valence-corrected chi connectivity index (χ1v) is 7.90. The smallest absolute Gasteiger partial charge is 0.319 e. The first-order chi connectivity index (χ1) is 9.17. The second-order valence-corrected chi connectivity index (χ2v) is 6.52. The van der Waals surface area contributed by atoms with Crippen molar-refractivity contribution in [2.75, 3.05) is 11.1 Å². The van der Waals surface area contributed by atoms with E-state index >= 15 is 0 Å². The molecule has 0 aliphatic heterocycles. The molecule has 0 spiro atoms. The van der Waals surface area contributed by atoms with Gasteiger partial charge in [0.05, 0.1) is 11.9 Å². The average molecular weight is 282 g/mol. The minimum atomic E-state index is -0.125. The van der Waals surface area contributed by atoms with Crippen LogP contribution in [0.4, 0.5) is 10.5 Å². The Balaban J connectivity index is 1.78. The van der Waals surface area contributed by atoms with Gasteiger partial charge in [-0.15, -0.1) is 0 Å². The molecule has 1 saturated carbocycles. The van der Waals surface area contributed by atoms with Crippen molar-refractivity contribution >= 4 is 23.5 Å². The van der Waals surface area contributed by atoms with Gasteiger partial charge in [-0.2, -0.15) is 16.9 Å². The van der Waals surface area contributed by atoms with Crippen molar-refractivity contribution < 1.29 is 4.79 Å². The molecule has 0 saturated heterocycles. The van der Waals surface area contributed by atoms with E-state index < -0.39 is 0 Å². The molecule has 1 fully saturated rings. The van der Waals surface area contributed by atoms with E-state index in [9.17, 15) is 4.79 Å². The number of anilines is 1. The van der Waals surface area contributed by atoms with Crippen LogP contribution in [0, 0.1) is 0 Å². The van der Waals surface area contributed by atoms with Crippen molar-refractivity contribution in [1.29, 1.82) is 0 Å². The maximum Gasteiger partial charge on any atom is 0.319 e. The molecule has 1 aromatic heterocycles. The van der Waals surface area contributed by atoms with Crippen LogP contribution in [0.1, 0.15) is 32.6 Å². The monoisotopic (exact) mass is 282 g/mol. The Morgan fingerprint density at radius 2 is 2.42 bits per heavy atom. The Morgan fingerprint density at radius 3 is 3.11 bits per heavy atom. The minimum Gasteiger partial charge on any atom is -0.335 e. The fourth-order valence-electron chi connectivity index (χ4n) is 2.50. The highest BCUT2D eigenvalue weighted by molar-refractivity contribution is 7.99. The fourth-order valence-corrected chi connectivity index (χ4v) is 3.67. The van der Waals surface area contributed by atoms with Crippen LogP contribution in [0.2, 0.25) is 0 Å². The highest BCUT2D eigenvalue weighted by Gasteiger charge is 2.23. The summed E-state index contributed by atoms with van der Waals surface area (Å²) in [5.74, 6) is 1.15. The molecule has 19 heavy (non-hydrogen) atoms. The van der Waals surface area contributed by atoms with Crippen LogP contribution in [0.3, 0.4) is 0 Å². The minimum absolute atomic E-state index is 0.125. The summed E-state index contributed by atoms with van der Waals surface area (Å²) in [6.45, 7) is 2.19. The largest absolute Gasteiger partial charge is 0.335 e. The van der Waals surface area contributed by atoms with Gasteiger partial charge in [-0.3, -0.25) is 4.68 Å². The van der Waals surface area contributed by atoms with E-state index in [0.717, 1.165) is 24.3 Å². The molecule has 1 heterocycles. The molecule has 0 unspecified atom stereocenters. The van der Waals surface area contributed by atoms with Crippen molar-refractivity contribution in [3.05, 3.63) is 12.4 Å². The zero-order valence-electron chi connectivity index (χ0n) is 11.6. The molecule has 0 bridgehead atoms. The summed E-state index contributed by atoms with van der Waals surface area (Å²) in [5.41, 5.74) is 0.732. The molecule has 2 rings (SSSR count). The van der Waals surface area contributed by atoms with Gasteiger partial charge >= 0.3 is 6.03 Å². The summed E-state index contributed by atoms with van der Waals surface area (Å²) in [6, 6.07) is 0.176. The van der Waals surface area contributed by atoms with Crippen LogP contribution in [0.25, 0.3) is 0 Å². The molecule has 5 nitrogen and oxygen atoms in total. The highest BCUT2D eigenvalue weighted by atomic mass is 32.2. The molecular weight excluding hydrogens is 260 g/mol. The number of carbonyl (C=O) groups excluding carboxylic acids is 1. The van der Waals surface area contributed by atoms with E-state index in [4.69, 9.17) is 0 Å². The number of nitrogens with one attached hydrogen (secondary N) is 2. The van der Waals surface area contributed by atoms with Gasteiger partial charge in [-0.1, -0.05) is 13.3 Å². The molecule has 0 radical (unpaired) electrons. The Labute approximate surface area is 118 Å². The molecule has 106 valence electrons. The number of urea groups is 1. The third-order valence-corrected chi connectivity index (χ3v) is 4.56. The van der Waals surface area contributed by atoms with E-state index in [1.807, 2.05) is 18.8 Å². The van der Waals surface area contributed by atoms with Crippen molar-refractivity contribution in [3.63, 3.8) is 0 Å². The van der Waals surface area contributed by atoms with Gasteiger partial charge in [0.2, 0.25) is 0 Å². The second-order valence-electron chi connectivity index (χ2n) is 4.94. The standard InChI is InChI=1S/C13H22N4OS/c1-3-19-12-6-4-5-10(7-12)15-13(18)16-11-8-14-17(2)9-11/h8-10,12H,3-7H2,1-2H3,(H2,15,16,18)/t10-,12-/m1/s1. The lowest BCUT2D eigenvalue weighted by Crippen LogP contribution is -2.41. The summed E-state index contributed by atoms with van der Waals surface area (Å²) in [6.07, 6.45) is 8.09. The van der Waals surface area contributed by atoms with E-state index in [-0.39, 0.29) is 6.03 Å². The fraction of sp³-hybridized carbons (Fsp3) is 0.692. The molecule has 1 aliphatic carbocycles. The van der Waals surface area contributed by atoms with E-state index in [1.54, 1.807) is 17.1 Å². The molecule has 2 atom stereocenters. The Morgan fingerprint density at radius 1 is 1.58 bits per heavy atom. The third-order valence-electron chi connectivity index (χ3n) is 3.33. The quantitative estimate of drug-likeness (QED) is 0.892. The Hall–Kier alpha value is -1.17. The number of aryl methyl sites for hydroxylation is 1. The number of carbonyl (C=O) groups is 1. The SMILES string of the molecule is CCS[C@@H]1CCC[C@@H](NC(=O)Nc2cnn(C)c2)C1.